The van der Waals surface area contributed by atoms with Crippen molar-refractivity contribution < 1.29 is 24.2 Å². The van der Waals surface area contributed by atoms with E-state index in [9.17, 15) is 19.5 Å². The smallest absolute Gasteiger partial charge is 0.407 e. The molecule has 1 fully saturated rings. The minimum absolute atomic E-state index is 0.0362. The van der Waals surface area contributed by atoms with Crippen LogP contribution in [0.15, 0.2) is 91.0 Å². The van der Waals surface area contributed by atoms with Crippen molar-refractivity contribution in [3.05, 3.63) is 108 Å². The normalized spacial score (nSPS) is 23.1. The molecule has 3 aliphatic rings. The fourth-order valence-electron chi connectivity index (χ4n) is 6.32. The summed E-state index contributed by atoms with van der Waals surface area (Å²) < 4.78 is 5.65. The van der Waals surface area contributed by atoms with Crippen LogP contribution in [0.3, 0.4) is 0 Å². The van der Waals surface area contributed by atoms with E-state index in [-0.39, 0.29) is 31.0 Å². The maximum Gasteiger partial charge on any atom is 0.407 e. The Balaban J connectivity index is 1.01. The Morgan fingerprint density at radius 3 is 2.24 bits per heavy atom. The van der Waals surface area contributed by atoms with E-state index in [1.165, 1.54) is 0 Å². The van der Waals surface area contributed by atoms with E-state index in [2.05, 4.69) is 39.8 Å². The zero-order chi connectivity index (χ0) is 28.4. The minimum Gasteiger partial charge on any atom is -0.479 e. The Hall–Kier alpha value is -4.43. The summed E-state index contributed by atoms with van der Waals surface area (Å²) >= 11 is 0. The van der Waals surface area contributed by atoms with E-state index < -0.39 is 23.5 Å². The number of alkyl carbamates (subject to hydrolysis) is 1. The van der Waals surface area contributed by atoms with Gasteiger partial charge in [0.15, 0.2) is 5.54 Å². The Morgan fingerprint density at radius 2 is 1.56 bits per heavy atom. The second kappa shape index (κ2) is 11.2. The number of ether oxygens (including phenoxy) is 1. The van der Waals surface area contributed by atoms with E-state index in [1.807, 2.05) is 54.6 Å². The molecule has 210 valence electrons. The third kappa shape index (κ3) is 5.47. The highest BCUT2D eigenvalue weighted by Crippen LogP contribution is 2.44. The summed E-state index contributed by atoms with van der Waals surface area (Å²) in [6, 6.07) is 25.8. The Labute approximate surface area is 239 Å². The average molecular weight is 552 g/mol. The first kappa shape index (κ1) is 26.8. The summed E-state index contributed by atoms with van der Waals surface area (Å²) in [4.78, 5) is 40.2. The first-order valence-electron chi connectivity index (χ1n) is 14.0. The first-order chi connectivity index (χ1) is 19.9. The summed E-state index contributed by atoms with van der Waals surface area (Å²) in [7, 11) is 0. The number of hydrogen-bond acceptors (Lipinski definition) is 5. The van der Waals surface area contributed by atoms with Crippen LogP contribution >= 0.6 is 0 Å². The second-order valence-electron chi connectivity index (χ2n) is 11.1. The summed E-state index contributed by atoms with van der Waals surface area (Å²) in [5, 5.41) is 15.7. The van der Waals surface area contributed by atoms with Crippen LogP contribution in [-0.2, 0) is 20.9 Å². The lowest BCUT2D eigenvalue weighted by molar-refractivity contribution is -0.147. The number of benzene rings is 3. The van der Waals surface area contributed by atoms with Crippen LogP contribution < -0.4 is 10.6 Å². The number of carboxylic acids is 1. The molecule has 2 aliphatic carbocycles. The quantitative estimate of drug-likeness (QED) is 0.360. The fraction of sp³-hybridized carbons (Fsp3) is 0.303. The monoisotopic (exact) mass is 551 g/mol. The molecule has 1 saturated heterocycles. The van der Waals surface area contributed by atoms with Crippen molar-refractivity contribution in [2.24, 2.45) is 5.92 Å². The summed E-state index contributed by atoms with van der Waals surface area (Å²) in [5.41, 5.74) is 4.36. The van der Waals surface area contributed by atoms with E-state index in [0.29, 0.717) is 25.9 Å². The molecule has 1 aliphatic heterocycles. The number of nitrogens with one attached hydrogen (secondary N) is 2. The average Bonchev–Trinajstić information content (AvgIpc) is 3.69. The van der Waals surface area contributed by atoms with Gasteiger partial charge in [-0.25, -0.2) is 9.59 Å². The van der Waals surface area contributed by atoms with Gasteiger partial charge in [0, 0.05) is 25.6 Å². The number of hydrogen-bond donors (Lipinski definition) is 3. The number of aliphatic carboxylic acids is 1. The van der Waals surface area contributed by atoms with Crippen LogP contribution in [0.1, 0.15) is 35.4 Å². The zero-order valence-electron chi connectivity index (χ0n) is 22.7. The predicted octanol–water partition coefficient (Wildman–Crippen LogP) is 4.32. The molecule has 2 amide bonds. The van der Waals surface area contributed by atoms with Gasteiger partial charge in [0.1, 0.15) is 6.61 Å². The highest BCUT2D eigenvalue weighted by atomic mass is 16.5. The maximum atomic E-state index is 13.2. The van der Waals surface area contributed by atoms with Gasteiger partial charge in [-0.15, -0.1) is 0 Å². The van der Waals surface area contributed by atoms with Gasteiger partial charge < -0.3 is 20.5 Å². The molecular weight excluding hydrogens is 518 g/mol. The van der Waals surface area contributed by atoms with Crippen LogP contribution in [0.25, 0.3) is 11.1 Å². The fourth-order valence-corrected chi connectivity index (χ4v) is 6.32. The standard InChI is InChI=1S/C33H33N3O5/c37-30(35-33(31(38)39)16-17-36(21-33)19-22-8-2-1-3-9-22)23-14-15-24(18-23)34-32(40)41-20-29-27-12-6-4-10-25(27)26-11-5-7-13-28(26)29/h1-15,23-24,29H,16-21H2,(H,34,40)(H,35,37)(H,38,39). The van der Waals surface area contributed by atoms with Gasteiger partial charge in [0.2, 0.25) is 5.91 Å². The number of rotatable bonds is 8. The Morgan fingerprint density at radius 1 is 0.902 bits per heavy atom. The van der Waals surface area contributed by atoms with Gasteiger partial charge in [-0.05, 0) is 40.7 Å². The highest BCUT2D eigenvalue weighted by Gasteiger charge is 2.47. The highest BCUT2D eigenvalue weighted by molar-refractivity contribution is 5.90. The summed E-state index contributed by atoms with van der Waals surface area (Å²) in [6.07, 6.45) is 3.64. The number of carbonyl (C=O) groups is 3. The minimum atomic E-state index is -1.34. The molecule has 3 aromatic carbocycles. The van der Waals surface area contributed by atoms with Crippen LogP contribution in [0, 0.1) is 5.92 Å². The summed E-state index contributed by atoms with van der Waals surface area (Å²) in [5.74, 6) is -1.95. The zero-order valence-corrected chi connectivity index (χ0v) is 22.7. The molecule has 3 unspecified atom stereocenters. The number of carbonyl (C=O) groups excluding carboxylic acids is 2. The van der Waals surface area contributed by atoms with Gasteiger partial charge in [-0.2, -0.15) is 0 Å². The van der Waals surface area contributed by atoms with Gasteiger partial charge in [-0.1, -0.05) is 91.0 Å². The molecule has 0 saturated carbocycles. The molecule has 0 aromatic heterocycles. The number of amides is 2. The van der Waals surface area contributed by atoms with Gasteiger partial charge in [0.25, 0.3) is 0 Å². The lowest BCUT2D eigenvalue weighted by Gasteiger charge is -2.27. The lowest BCUT2D eigenvalue weighted by atomic mass is 9.96. The molecule has 3 atom stereocenters. The van der Waals surface area contributed by atoms with Crippen LogP contribution in [-0.4, -0.2) is 59.3 Å². The van der Waals surface area contributed by atoms with E-state index in [4.69, 9.17) is 4.74 Å². The second-order valence-corrected chi connectivity index (χ2v) is 11.1. The molecule has 8 nitrogen and oxygen atoms in total. The van der Waals surface area contributed by atoms with E-state index in [0.717, 1.165) is 27.8 Å². The summed E-state index contributed by atoms with van der Waals surface area (Å²) in [6.45, 7) is 1.65. The van der Waals surface area contributed by atoms with E-state index in [1.54, 1.807) is 12.2 Å². The van der Waals surface area contributed by atoms with Crippen LogP contribution in [0.4, 0.5) is 4.79 Å². The number of likely N-dealkylation sites (tertiary alicyclic amines) is 1. The number of fused-ring (bicyclic) bond motifs is 3. The third-order valence-electron chi connectivity index (χ3n) is 8.44. The van der Waals surface area contributed by atoms with Crippen molar-refractivity contribution in [1.82, 2.24) is 15.5 Å². The number of nitrogens with zero attached hydrogens (tertiary/aromatic N) is 1. The van der Waals surface area contributed by atoms with Crippen molar-refractivity contribution in [2.45, 2.75) is 36.9 Å². The van der Waals surface area contributed by atoms with Crippen molar-refractivity contribution >= 4 is 18.0 Å². The van der Waals surface area contributed by atoms with Crippen LogP contribution in [0.2, 0.25) is 0 Å². The van der Waals surface area contributed by atoms with Crippen molar-refractivity contribution in [3.63, 3.8) is 0 Å². The molecule has 6 rings (SSSR count). The first-order valence-corrected chi connectivity index (χ1v) is 14.0. The Kier molecular flexibility index (Phi) is 7.32. The molecule has 1 heterocycles. The third-order valence-corrected chi connectivity index (χ3v) is 8.44. The molecule has 0 radical (unpaired) electrons. The van der Waals surface area contributed by atoms with E-state index >= 15 is 0 Å². The van der Waals surface area contributed by atoms with Gasteiger partial charge in [0.05, 0.1) is 12.0 Å². The van der Waals surface area contributed by atoms with Crippen molar-refractivity contribution in [3.8, 4) is 11.1 Å². The molecule has 3 N–H and O–H groups in total. The topological polar surface area (TPSA) is 108 Å². The van der Waals surface area contributed by atoms with Crippen molar-refractivity contribution in [2.75, 3.05) is 19.7 Å². The molecule has 41 heavy (non-hydrogen) atoms. The largest absolute Gasteiger partial charge is 0.479 e. The molecule has 3 aromatic rings. The molecule has 8 heteroatoms. The molecule has 0 bridgehead atoms. The lowest BCUT2D eigenvalue weighted by Crippen LogP contribution is -2.57. The van der Waals surface area contributed by atoms with Gasteiger partial charge in [-0.3, -0.25) is 9.69 Å². The predicted molar refractivity (Wildman–Crippen MR) is 154 cm³/mol. The van der Waals surface area contributed by atoms with Crippen molar-refractivity contribution in [1.29, 1.82) is 0 Å². The maximum absolute atomic E-state index is 13.2. The Bertz CT molecular complexity index is 1440. The van der Waals surface area contributed by atoms with Crippen LogP contribution in [0.5, 0.6) is 0 Å². The molecule has 0 spiro atoms. The molecular formula is C33H33N3O5. The van der Waals surface area contributed by atoms with Gasteiger partial charge >= 0.3 is 12.1 Å². The number of carboxylic acid groups (broad SMARTS) is 1. The SMILES string of the molecule is O=C(NC1C=CC(C(=O)NC2(C(=O)O)CCN(Cc3ccccc3)C2)C1)OCC1c2ccccc2-c2ccccc21.